The number of rotatable bonds is 1. The minimum absolute atomic E-state index is 0.0502. The zero-order valence-electron chi connectivity index (χ0n) is 15.1. The van der Waals surface area contributed by atoms with Crippen molar-refractivity contribution in [3.8, 4) is 0 Å². The Labute approximate surface area is 140 Å². The third kappa shape index (κ3) is 2.22. The van der Waals surface area contributed by atoms with Gasteiger partial charge in [-0.2, -0.15) is 0 Å². The number of aliphatic hydroxyl groups is 1. The minimum atomic E-state index is -0.0502. The van der Waals surface area contributed by atoms with Crippen LogP contribution in [0.4, 0.5) is 0 Å². The summed E-state index contributed by atoms with van der Waals surface area (Å²) in [6, 6.07) is 0. The molecule has 4 rings (SSSR count). The molecule has 7 atom stereocenters. The van der Waals surface area contributed by atoms with Gasteiger partial charge in [0, 0.05) is 0 Å². The average molecular weight is 319 g/mol. The highest BCUT2D eigenvalue weighted by molar-refractivity contribution is 5.85. The van der Waals surface area contributed by atoms with Crippen LogP contribution < -0.4 is 0 Å². The van der Waals surface area contributed by atoms with Gasteiger partial charge < -0.3 is 9.94 Å². The Morgan fingerprint density at radius 1 is 1.00 bits per heavy atom. The Bertz CT molecular complexity index is 504. The van der Waals surface area contributed by atoms with Crippen molar-refractivity contribution in [3.63, 3.8) is 0 Å². The van der Waals surface area contributed by atoms with Gasteiger partial charge in [-0.3, -0.25) is 0 Å². The van der Waals surface area contributed by atoms with Gasteiger partial charge in [-0.15, -0.1) is 0 Å². The number of nitrogens with zero attached hydrogens (tertiary/aromatic N) is 1. The monoisotopic (exact) mass is 319 g/mol. The number of oxime groups is 1. The van der Waals surface area contributed by atoms with Crippen LogP contribution >= 0.6 is 0 Å². The van der Waals surface area contributed by atoms with Crippen LogP contribution in [-0.4, -0.2) is 24.0 Å². The SMILES string of the molecule is CO/N=C1\CC[C@@]2(C)C(CCC3C2CC[C@@]2(C)C3CC[C@@H]2O)C1. The van der Waals surface area contributed by atoms with Crippen LogP contribution in [-0.2, 0) is 4.84 Å². The lowest BCUT2D eigenvalue weighted by Gasteiger charge is -2.60. The van der Waals surface area contributed by atoms with Gasteiger partial charge in [-0.05, 0) is 92.3 Å². The van der Waals surface area contributed by atoms with E-state index in [9.17, 15) is 5.11 Å². The van der Waals surface area contributed by atoms with Crippen molar-refractivity contribution in [2.45, 2.75) is 77.7 Å². The third-order valence-corrected chi connectivity index (χ3v) is 8.67. The van der Waals surface area contributed by atoms with Gasteiger partial charge in [-0.25, -0.2) is 0 Å². The van der Waals surface area contributed by atoms with Gasteiger partial charge in [0.25, 0.3) is 0 Å². The predicted molar refractivity (Wildman–Crippen MR) is 92.2 cm³/mol. The summed E-state index contributed by atoms with van der Waals surface area (Å²) >= 11 is 0. The first-order chi connectivity index (χ1) is 11.0. The largest absolute Gasteiger partial charge is 0.399 e. The normalized spacial score (nSPS) is 54.3. The standard InChI is InChI=1S/C20H33NO2/c1-19-10-8-14(21-23-3)12-13(19)4-5-15-16-6-7-18(22)20(16,2)11-9-17(15)19/h13,15-18,22H,4-12H2,1-3H3/b21-14+/t13?,15?,16?,17?,18-,19-,20-/m0/s1. The highest BCUT2D eigenvalue weighted by Crippen LogP contribution is 2.65. The predicted octanol–water partition coefficient (Wildman–Crippen LogP) is 4.39. The van der Waals surface area contributed by atoms with Crippen molar-refractivity contribution >= 4 is 5.71 Å². The van der Waals surface area contributed by atoms with Crippen molar-refractivity contribution in [2.75, 3.05) is 7.11 Å². The van der Waals surface area contributed by atoms with Crippen molar-refractivity contribution < 1.29 is 9.94 Å². The fourth-order valence-electron chi connectivity index (χ4n) is 7.24. The van der Waals surface area contributed by atoms with Gasteiger partial charge in [-0.1, -0.05) is 19.0 Å². The van der Waals surface area contributed by atoms with E-state index in [0.717, 1.165) is 42.9 Å². The zero-order valence-corrected chi connectivity index (χ0v) is 15.1. The Hall–Kier alpha value is -0.570. The first-order valence-electron chi connectivity index (χ1n) is 9.76. The fraction of sp³-hybridized carbons (Fsp3) is 0.950. The second-order valence-corrected chi connectivity index (χ2v) is 9.34. The molecule has 23 heavy (non-hydrogen) atoms. The highest BCUT2D eigenvalue weighted by atomic mass is 16.6. The molecule has 0 aromatic carbocycles. The summed E-state index contributed by atoms with van der Waals surface area (Å²) in [5.74, 6) is 3.28. The second-order valence-electron chi connectivity index (χ2n) is 9.34. The minimum Gasteiger partial charge on any atom is -0.399 e. The third-order valence-electron chi connectivity index (χ3n) is 8.67. The molecule has 0 heterocycles. The Morgan fingerprint density at radius 2 is 1.78 bits per heavy atom. The number of aliphatic hydroxyl groups excluding tert-OH is 1. The lowest BCUT2D eigenvalue weighted by atomic mass is 9.45. The summed E-state index contributed by atoms with van der Waals surface area (Å²) in [7, 11) is 1.67. The quantitative estimate of drug-likeness (QED) is 0.728. The summed E-state index contributed by atoms with van der Waals surface area (Å²) in [6.07, 6.45) is 11.1. The van der Waals surface area contributed by atoms with E-state index in [1.807, 2.05) is 0 Å². The molecule has 0 aromatic heterocycles. The van der Waals surface area contributed by atoms with E-state index in [4.69, 9.17) is 4.84 Å². The summed E-state index contributed by atoms with van der Waals surface area (Å²) < 4.78 is 0. The smallest absolute Gasteiger partial charge is 0.106 e. The highest BCUT2D eigenvalue weighted by Gasteiger charge is 2.59. The van der Waals surface area contributed by atoms with E-state index in [1.54, 1.807) is 7.11 Å². The lowest BCUT2D eigenvalue weighted by Crippen LogP contribution is -2.54. The summed E-state index contributed by atoms with van der Waals surface area (Å²) in [5, 5.41) is 14.8. The van der Waals surface area contributed by atoms with Crippen LogP contribution in [0.1, 0.15) is 71.6 Å². The number of hydrogen-bond acceptors (Lipinski definition) is 3. The summed E-state index contributed by atoms with van der Waals surface area (Å²) in [5.41, 5.74) is 1.98. The lowest BCUT2D eigenvalue weighted by molar-refractivity contribution is -0.112. The van der Waals surface area contributed by atoms with Crippen LogP contribution in [0.15, 0.2) is 5.16 Å². The summed E-state index contributed by atoms with van der Waals surface area (Å²) in [6.45, 7) is 4.95. The molecule has 0 aliphatic heterocycles. The van der Waals surface area contributed by atoms with Crippen molar-refractivity contribution in [1.82, 2.24) is 0 Å². The molecule has 1 N–H and O–H groups in total. The molecular weight excluding hydrogens is 286 g/mol. The van der Waals surface area contributed by atoms with E-state index in [0.29, 0.717) is 5.41 Å². The molecule has 130 valence electrons. The van der Waals surface area contributed by atoms with E-state index in [2.05, 4.69) is 19.0 Å². The molecule has 0 aromatic rings. The number of hydrogen-bond donors (Lipinski definition) is 1. The Morgan fingerprint density at radius 3 is 2.57 bits per heavy atom. The van der Waals surface area contributed by atoms with Gasteiger partial charge in [0.15, 0.2) is 0 Å². The van der Waals surface area contributed by atoms with E-state index >= 15 is 0 Å². The Kier molecular flexibility index (Phi) is 3.79. The van der Waals surface area contributed by atoms with Gasteiger partial charge >= 0.3 is 0 Å². The van der Waals surface area contributed by atoms with Crippen molar-refractivity contribution in [1.29, 1.82) is 0 Å². The number of fused-ring (bicyclic) bond motifs is 5. The maximum atomic E-state index is 10.5. The van der Waals surface area contributed by atoms with Crippen molar-refractivity contribution in [3.05, 3.63) is 0 Å². The fourth-order valence-corrected chi connectivity index (χ4v) is 7.24. The molecule has 0 amide bonds. The average Bonchev–Trinajstić information content (AvgIpc) is 2.84. The molecule has 0 radical (unpaired) electrons. The molecule has 4 fully saturated rings. The molecule has 4 aliphatic rings. The van der Waals surface area contributed by atoms with Crippen LogP contribution in [0.5, 0.6) is 0 Å². The molecule has 4 saturated carbocycles. The van der Waals surface area contributed by atoms with Crippen LogP contribution in [0.25, 0.3) is 0 Å². The van der Waals surface area contributed by atoms with Gasteiger partial charge in [0.2, 0.25) is 0 Å². The maximum absolute atomic E-state index is 10.5. The molecule has 0 spiro atoms. The second kappa shape index (κ2) is 5.47. The molecule has 3 heteroatoms. The van der Waals surface area contributed by atoms with E-state index in [1.165, 1.54) is 44.2 Å². The van der Waals surface area contributed by atoms with E-state index < -0.39 is 0 Å². The molecule has 4 unspecified atom stereocenters. The van der Waals surface area contributed by atoms with E-state index in [-0.39, 0.29) is 11.5 Å². The maximum Gasteiger partial charge on any atom is 0.106 e. The molecule has 0 saturated heterocycles. The van der Waals surface area contributed by atoms with Crippen molar-refractivity contribution in [2.24, 2.45) is 39.7 Å². The van der Waals surface area contributed by atoms with Gasteiger partial charge in [0.1, 0.15) is 7.11 Å². The molecule has 0 bridgehead atoms. The topological polar surface area (TPSA) is 41.8 Å². The zero-order chi connectivity index (χ0) is 16.2. The van der Waals surface area contributed by atoms with Crippen LogP contribution in [0.3, 0.4) is 0 Å². The first kappa shape index (κ1) is 15.9. The van der Waals surface area contributed by atoms with Crippen LogP contribution in [0, 0.1) is 34.5 Å². The molecule has 3 nitrogen and oxygen atoms in total. The Balaban J connectivity index is 1.58. The van der Waals surface area contributed by atoms with Gasteiger partial charge in [0.05, 0.1) is 11.8 Å². The first-order valence-corrected chi connectivity index (χ1v) is 9.76. The summed E-state index contributed by atoms with van der Waals surface area (Å²) in [4.78, 5) is 5.04. The molecular formula is C20H33NO2. The van der Waals surface area contributed by atoms with Crippen LogP contribution in [0.2, 0.25) is 0 Å². The molecule has 4 aliphatic carbocycles.